The third kappa shape index (κ3) is 2.74. The quantitative estimate of drug-likeness (QED) is 0.855. The first-order chi connectivity index (χ1) is 11.2. The monoisotopic (exact) mass is 305 g/mol. The number of carbonyl (C=O) groups is 1. The summed E-state index contributed by atoms with van der Waals surface area (Å²) < 4.78 is 5.25. The molecule has 2 aromatic carbocycles. The van der Waals surface area contributed by atoms with E-state index in [0.29, 0.717) is 6.54 Å². The van der Waals surface area contributed by atoms with Gasteiger partial charge >= 0.3 is 0 Å². The van der Waals surface area contributed by atoms with Gasteiger partial charge in [0.15, 0.2) is 0 Å². The second kappa shape index (κ2) is 5.58. The topological polar surface area (TPSA) is 29.5 Å². The van der Waals surface area contributed by atoms with Gasteiger partial charge in [0, 0.05) is 17.8 Å². The molecule has 3 nitrogen and oxygen atoms in total. The maximum absolute atomic E-state index is 12.8. The zero-order chi connectivity index (χ0) is 15.8. The number of rotatable bonds is 3. The summed E-state index contributed by atoms with van der Waals surface area (Å²) in [6, 6.07) is 14.0. The standard InChI is InChI=1S/C20H19NO2/c1-23-18-8-9-19-16(13-18)10-11-21(20(19)22)17-6-4-15(5-7-17)12-14-2-3-14/h4-9,12-13H,2-3,10-11H2,1H3. The van der Waals surface area contributed by atoms with Crippen LogP contribution in [0.3, 0.4) is 0 Å². The van der Waals surface area contributed by atoms with Crippen LogP contribution in [0.25, 0.3) is 6.08 Å². The molecule has 1 aliphatic heterocycles. The second-order valence-corrected chi connectivity index (χ2v) is 6.12. The first-order valence-electron chi connectivity index (χ1n) is 8.03. The highest BCUT2D eigenvalue weighted by Crippen LogP contribution is 2.31. The third-order valence-electron chi connectivity index (χ3n) is 4.51. The van der Waals surface area contributed by atoms with Gasteiger partial charge in [-0.05, 0) is 60.7 Å². The molecule has 0 saturated heterocycles. The molecule has 0 bridgehead atoms. The van der Waals surface area contributed by atoms with Crippen molar-refractivity contribution < 1.29 is 9.53 Å². The van der Waals surface area contributed by atoms with Crippen LogP contribution >= 0.6 is 0 Å². The number of anilines is 1. The average molecular weight is 305 g/mol. The Morgan fingerprint density at radius 3 is 2.52 bits per heavy atom. The molecule has 1 fully saturated rings. The summed E-state index contributed by atoms with van der Waals surface area (Å²) in [5, 5.41) is 0. The summed E-state index contributed by atoms with van der Waals surface area (Å²) in [5.41, 5.74) is 5.54. The fourth-order valence-electron chi connectivity index (χ4n) is 3.04. The molecule has 0 aromatic heterocycles. The van der Waals surface area contributed by atoms with E-state index in [2.05, 4.69) is 18.2 Å². The van der Waals surface area contributed by atoms with Crippen molar-refractivity contribution >= 4 is 17.7 Å². The molecular weight excluding hydrogens is 286 g/mol. The van der Waals surface area contributed by atoms with Crippen molar-refractivity contribution in [3.63, 3.8) is 0 Å². The van der Waals surface area contributed by atoms with Crippen molar-refractivity contribution in [1.82, 2.24) is 0 Å². The van der Waals surface area contributed by atoms with Crippen LogP contribution in [0, 0.1) is 0 Å². The van der Waals surface area contributed by atoms with E-state index in [-0.39, 0.29) is 5.91 Å². The minimum absolute atomic E-state index is 0.0715. The Bertz CT molecular complexity index is 784. The lowest BCUT2D eigenvalue weighted by molar-refractivity contribution is 0.0980. The van der Waals surface area contributed by atoms with Gasteiger partial charge in [0.25, 0.3) is 5.91 Å². The fourth-order valence-corrected chi connectivity index (χ4v) is 3.04. The molecule has 1 aliphatic carbocycles. The van der Waals surface area contributed by atoms with Gasteiger partial charge in [-0.1, -0.05) is 23.8 Å². The number of methoxy groups -OCH3 is 1. The number of allylic oxidation sites excluding steroid dienone is 1. The number of amides is 1. The van der Waals surface area contributed by atoms with Crippen LogP contribution in [-0.2, 0) is 6.42 Å². The Morgan fingerprint density at radius 2 is 1.83 bits per heavy atom. The number of hydrogen-bond acceptors (Lipinski definition) is 2. The maximum Gasteiger partial charge on any atom is 0.258 e. The largest absolute Gasteiger partial charge is 0.497 e. The van der Waals surface area contributed by atoms with Crippen LogP contribution in [0.2, 0.25) is 0 Å². The van der Waals surface area contributed by atoms with Gasteiger partial charge in [-0.2, -0.15) is 0 Å². The van der Waals surface area contributed by atoms with Gasteiger partial charge in [-0.25, -0.2) is 0 Å². The summed E-state index contributed by atoms with van der Waals surface area (Å²) in [6.07, 6.45) is 5.55. The lowest BCUT2D eigenvalue weighted by Crippen LogP contribution is -2.37. The molecule has 0 N–H and O–H groups in total. The summed E-state index contributed by atoms with van der Waals surface area (Å²) >= 11 is 0. The molecule has 1 heterocycles. The molecule has 2 aliphatic rings. The van der Waals surface area contributed by atoms with E-state index in [9.17, 15) is 4.79 Å². The van der Waals surface area contributed by atoms with Gasteiger partial charge in [0.1, 0.15) is 5.75 Å². The molecular formula is C20H19NO2. The highest BCUT2D eigenvalue weighted by molar-refractivity contribution is 6.08. The highest BCUT2D eigenvalue weighted by Gasteiger charge is 2.25. The van der Waals surface area contributed by atoms with E-state index >= 15 is 0 Å². The molecule has 0 spiro atoms. The molecule has 0 atom stereocenters. The molecule has 0 radical (unpaired) electrons. The Kier molecular flexibility index (Phi) is 3.41. The van der Waals surface area contributed by atoms with Crippen molar-refractivity contribution in [2.75, 3.05) is 18.6 Å². The van der Waals surface area contributed by atoms with Crippen molar-refractivity contribution in [3.05, 3.63) is 64.7 Å². The minimum Gasteiger partial charge on any atom is -0.497 e. The van der Waals surface area contributed by atoms with E-state index < -0.39 is 0 Å². The molecule has 1 saturated carbocycles. The number of carbonyl (C=O) groups excluding carboxylic acids is 1. The van der Waals surface area contributed by atoms with Gasteiger partial charge in [0.2, 0.25) is 0 Å². The van der Waals surface area contributed by atoms with E-state index in [1.807, 2.05) is 35.2 Å². The summed E-state index contributed by atoms with van der Waals surface area (Å²) in [4.78, 5) is 14.6. The summed E-state index contributed by atoms with van der Waals surface area (Å²) in [6.45, 7) is 0.708. The molecule has 3 heteroatoms. The predicted molar refractivity (Wildman–Crippen MR) is 92.0 cm³/mol. The predicted octanol–water partition coefficient (Wildman–Crippen LogP) is 4.08. The Morgan fingerprint density at radius 1 is 1.04 bits per heavy atom. The fraction of sp³-hybridized carbons (Fsp3) is 0.250. The molecule has 4 rings (SSSR count). The zero-order valence-electron chi connectivity index (χ0n) is 13.2. The van der Waals surface area contributed by atoms with Crippen molar-refractivity contribution in [1.29, 1.82) is 0 Å². The van der Waals surface area contributed by atoms with Gasteiger partial charge < -0.3 is 9.64 Å². The maximum atomic E-state index is 12.8. The SMILES string of the molecule is COc1ccc2c(c1)CCN(c1ccc(C=C3CC3)cc1)C2=O. The van der Waals surface area contributed by atoms with E-state index in [0.717, 1.165) is 29.0 Å². The molecule has 0 unspecified atom stereocenters. The molecule has 23 heavy (non-hydrogen) atoms. The van der Waals surface area contributed by atoms with E-state index in [1.165, 1.54) is 24.0 Å². The Labute approximate surface area is 136 Å². The minimum atomic E-state index is 0.0715. The zero-order valence-corrected chi connectivity index (χ0v) is 13.2. The number of ether oxygens (including phenoxy) is 1. The normalized spacial score (nSPS) is 16.1. The number of hydrogen-bond donors (Lipinski definition) is 0. The van der Waals surface area contributed by atoms with Crippen LogP contribution in [0.5, 0.6) is 5.75 Å². The van der Waals surface area contributed by atoms with Crippen LogP contribution in [0.4, 0.5) is 5.69 Å². The second-order valence-electron chi connectivity index (χ2n) is 6.12. The smallest absolute Gasteiger partial charge is 0.258 e. The van der Waals surface area contributed by atoms with E-state index in [4.69, 9.17) is 4.74 Å². The van der Waals surface area contributed by atoms with Crippen molar-refractivity contribution in [2.45, 2.75) is 19.3 Å². The van der Waals surface area contributed by atoms with Crippen LogP contribution < -0.4 is 9.64 Å². The van der Waals surface area contributed by atoms with Gasteiger partial charge in [-0.15, -0.1) is 0 Å². The number of nitrogens with zero attached hydrogens (tertiary/aromatic N) is 1. The molecule has 1 amide bonds. The number of fused-ring (bicyclic) bond motifs is 1. The average Bonchev–Trinajstić information content (AvgIpc) is 3.40. The summed E-state index contributed by atoms with van der Waals surface area (Å²) in [7, 11) is 1.65. The van der Waals surface area contributed by atoms with Gasteiger partial charge in [0.05, 0.1) is 7.11 Å². The van der Waals surface area contributed by atoms with Crippen molar-refractivity contribution in [2.24, 2.45) is 0 Å². The first kappa shape index (κ1) is 14.1. The first-order valence-corrected chi connectivity index (χ1v) is 8.03. The number of benzene rings is 2. The van der Waals surface area contributed by atoms with Crippen LogP contribution in [0.15, 0.2) is 48.0 Å². The Hall–Kier alpha value is -2.55. The molecule has 116 valence electrons. The lowest BCUT2D eigenvalue weighted by atomic mass is 9.98. The van der Waals surface area contributed by atoms with Crippen molar-refractivity contribution in [3.8, 4) is 5.75 Å². The summed E-state index contributed by atoms with van der Waals surface area (Å²) in [5.74, 6) is 0.879. The van der Waals surface area contributed by atoms with Crippen LogP contribution in [0.1, 0.15) is 34.3 Å². The van der Waals surface area contributed by atoms with Gasteiger partial charge in [-0.3, -0.25) is 4.79 Å². The Balaban J connectivity index is 1.60. The molecule has 2 aromatic rings. The highest BCUT2D eigenvalue weighted by atomic mass is 16.5. The third-order valence-corrected chi connectivity index (χ3v) is 4.51. The lowest BCUT2D eigenvalue weighted by Gasteiger charge is -2.29. The van der Waals surface area contributed by atoms with Crippen LogP contribution in [-0.4, -0.2) is 19.6 Å². The van der Waals surface area contributed by atoms with E-state index in [1.54, 1.807) is 7.11 Å².